The van der Waals surface area contributed by atoms with Crippen molar-refractivity contribution in [1.82, 2.24) is 24.4 Å². The molecule has 7 nitrogen and oxygen atoms in total. The molecule has 1 aliphatic heterocycles. The molecule has 0 radical (unpaired) electrons. The fourth-order valence-electron chi connectivity index (χ4n) is 3.97. The summed E-state index contributed by atoms with van der Waals surface area (Å²) in [5.41, 5.74) is 0.0846. The fourth-order valence-corrected chi connectivity index (χ4v) is 4.87. The predicted octanol–water partition coefficient (Wildman–Crippen LogP) is 2.29. The van der Waals surface area contributed by atoms with Crippen LogP contribution < -0.4 is 10.9 Å². The number of carbonyl (C=O) groups is 1. The standard InChI is InChI=1S/C19H23F2N5O2S/c1-11(2)16-23-25(17(28)14-6-12-4-5-29-18(12)26(14)16)9-15(27)22-13-7-19(20,21)10-24(3)8-13/h4-6,11,13H,7-10H2,1-3H3,(H,22,27). The Morgan fingerprint density at radius 3 is 2.90 bits per heavy atom. The summed E-state index contributed by atoms with van der Waals surface area (Å²) in [5, 5.41) is 9.97. The molecule has 0 aliphatic carbocycles. The third kappa shape index (κ3) is 3.78. The summed E-state index contributed by atoms with van der Waals surface area (Å²) in [6, 6.07) is 3.07. The van der Waals surface area contributed by atoms with Crippen LogP contribution in [0.2, 0.25) is 0 Å². The van der Waals surface area contributed by atoms with Gasteiger partial charge in [-0.05, 0) is 24.6 Å². The minimum Gasteiger partial charge on any atom is -0.350 e. The summed E-state index contributed by atoms with van der Waals surface area (Å²) in [4.78, 5) is 27.9. The van der Waals surface area contributed by atoms with Crippen LogP contribution in [0.4, 0.5) is 8.78 Å². The maximum atomic E-state index is 13.8. The molecule has 1 amide bonds. The second-order valence-corrected chi connectivity index (χ2v) is 8.94. The van der Waals surface area contributed by atoms with E-state index in [2.05, 4.69) is 10.4 Å². The zero-order valence-electron chi connectivity index (χ0n) is 16.5. The van der Waals surface area contributed by atoms with Crippen molar-refractivity contribution < 1.29 is 13.6 Å². The molecule has 1 atom stereocenters. The highest BCUT2D eigenvalue weighted by atomic mass is 32.1. The number of carbonyl (C=O) groups excluding carboxylic acids is 1. The van der Waals surface area contributed by atoms with Crippen LogP contribution in [0.1, 0.15) is 32.0 Å². The molecule has 29 heavy (non-hydrogen) atoms. The average Bonchev–Trinajstić information content (AvgIpc) is 3.16. The van der Waals surface area contributed by atoms with E-state index in [4.69, 9.17) is 0 Å². The van der Waals surface area contributed by atoms with E-state index in [1.807, 2.05) is 29.7 Å². The lowest BCUT2D eigenvalue weighted by atomic mass is 10.0. The summed E-state index contributed by atoms with van der Waals surface area (Å²) < 4.78 is 30.5. The first-order chi connectivity index (χ1) is 13.6. The number of thiophene rings is 1. The van der Waals surface area contributed by atoms with Crippen LogP contribution in [-0.4, -0.2) is 57.1 Å². The third-order valence-corrected chi connectivity index (χ3v) is 5.98. The van der Waals surface area contributed by atoms with Gasteiger partial charge < -0.3 is 5.32 Å². The lowest BCUT2D eigenvalue weighted by molar-refractivity contribution is -0.125. The first kappa shape index (κ1) is 20.0. The largest absolute Gasteiger partial charge is 0.350 e. The molecule has 4 heterocycles. The number of aromatic nitrogens is 3. The SMILES string of the molecule is CC(C)c1nn(CC(=O)NC2CN(C)CC(F)(F)C2)c(=O)c2cc3ccsc3n12. The Hall–Kier alpha value is -2.33. The molecular weight excluding hydrogens is 400 g/mol. The van der Waals surface area contributed by atoms with Crippen LogP contribution in [0, 0.1) is 0 Å². The topological polar surface area (TPSA) is 71.6 Å². The van der Waals surface area contributed by atoms with Gasteiger partial charge in [-0.1, -0.05) is 13.8 Å². The lowest BCUT2D eigenvalue weighted by Crippen LogP contribution is -2.54. The van der Waals surface area contributed by atoms with E-state index in [0.29, 0.717) is 17.9 Å². The smallest absolute Gasteiger partial charge is 0.291 e. The van der Waals surface area contributed by atoms with E-state index >= 15 is 0 Å². The Balaban J connectivity index is 1.63. The molecule has 3 aromatic rings. The van der Waals surface area contributed by atoms with Crippen LogP contribution in [0.3, 0.4) is 0 Å². The predicted molar refractivity (Wildman–Crippen MR) is 108 cm³/mol. The van der Waals surface area contributed by atoms with Gasteiger partial charge in [0, 0.05) is 30.3 Å². The van der Waals surface area contributed by atoms with Gasteiger partial charge in [0.1, 0.15) is 22.7 Å². The molecule has 1 N–H and O–H groups in total. The van der Waals surface area contributed by atoms with Crippen LogP contribution in [0.5, 0.6) is 0 Å². The highest BCUT2D eigenvalue weighted by Crippen LogP contribution is 2.27. The quantitative estimate of drug-likeness (QED) is 0.699. The Kier molecular flexibility index (Phi) is 4.94. The molecule has 10 heteroatoms. The number of rotatable bonds is 4. The number of halogens is 2. The molecule has 0 saturated carbocycles. The summed E-state index contributed by atoms with van der Waals surface area (Å²) in [6.07, 6.45) is -0.406. The number of nitrogens with one attached hydrogen (secondary N) is 1. The van der Waals surface area contributed by atoms with Gasteiger partial charge in [0.15, 0.2) is 0 Å². The molecule has 3 aromatic heterocycles. The van der Waals surface area contributed by atoms with Crippen molar-refractivity contribution in [3.63, 3.8) is 0 Å². The van der Waals surface area contributed by atoms with Crippen LogP contribution >= 0.6 is 11.3 Å². The zero-order chi connectivity index (χ0) is 20.9. The van der Waals surface area contributed by atoms with E-state index in [9.17, 15) is 18.4 Å². The highest BCUT2D eigenvalue weighted by molar-refractivity contribution is 7.16. The molecule has 1 aliphatic rings. The second-order valence-electron chi connectivity index (χ2n) is 8.04. The zero-order valence-corrected chi connectivity index (χ0v) is 17.3. The third-order valence-electron chi connectivity index (χ3n) is 5.07. The van der Waals surface area contributed by atoms with Crippen molar-refractivity contribution in [2.24, 2.45) is 0 Å². The van der Waals surface area contributed by atoms with Gasteiger partial charge in [0.2, 0.25) is 5.91 Å². The molecule has 1 fully saturated rings. The summed E-state index contributed by atoms with van der Waals surface area (Å²) in [5.74, 6) is -2.64. The highest BCUT2D eigenvalue weighted by Gasteiger charge is 2.39. The number of hydrogen-bond donors (Lipinski definition) is 1. The maximum absolute atomic E-state index is 13.8. The number of nitrogens with zero attached hydrogens (tertiary/aromatic N) is 4. The Labute approximate surface area is 169 Å². The normalized spacial score (nSPS) is 20.0. The van der Waals surface area contributed by atoms with Gasteiger partial charge >= 0.3 is 0 Å². The average molecular weight is 423 g/mol. The monoisotopic (exact) mass is 423 g/mol. The summed E-state index contributed by atoms with van der Waals surface area (Å²) in [7, 11) is 1.60. The number of likely N-dealkylation sites (N-methyl/N-ethyl adjacent to an activating group) is 1. The Morgan fingerprint density at radius 2 is 2.21 bits per heavy atom. The number of amides is 1. The second kappa shape index (κ2) is 7.17. The van der Waals surface area contributed by atoms with Gasteiger partial charge in [0.25, 0.3) is 11.5 Å². The minimum absolute atomic E-state index is 0.0239. The van der Waals surface area contributed by atoms with Crippen LogP contribution in [0.15, 0.2) is 22.3 Å². The molecule has 0 bridgehead atoms. The Bertz CT molecular complexity index is 1130. The van der Waals surface area contributed by atoms with Crippen molar-refractivity contribution >= 4 is 33.0 Å². The van der Waals surface area contributed by atoms with Gasteiger partial charge in [0.05, 0.1) is 6.54 Å². The maximum Gasteiger partial charge on any atom is 0.291 e. The summed E-state index contributed by atoms with van der Waals surface area (Å²) >= 11 is 1.53. The number of piperidine rings is 1. The van der Waals surface area contributed by atoms with E-state index in [0.717, 1.165) is 14.9 Å². The van der Waals surface area contributed by atoms with E-state index in [-0.39, 0.29) is 24.6 Å². The first-order valence-corrected chi connectivity index (χ1v) is 10.4. The van der Waals surface area contributed by atoms with E-state index in [1.54, 1.807) is 13.1 Å². The van der Waals surface area contributed by atoms with Crippen molar-refractivity contribution in [3.8, 4) is 0 Å². The summed E-state index contributed by atoms with van der Waals surface area (Å²) in [6.45, 7) is 3.65. The molecule has 0 spiro atoms. The molecular formula is C19H23F2N5O2S. The first-order valence-electron chi connectivity index (χ1n) is 9.50. The molecule has 4 rings (SSSR count). The van der Waals surface area contributed by atoms with E-state index < -0.39 is 24.3 Å². The number of alkyl halides is 2. The molecule has 156 valence electrons. The van der Waals surface area contributed by atoms with Crippen LogP contribution in [0.25, 0.3) is 15.7 Å². The van der Waals surface area contributed by atoms with E-state index in [1.165, 1.54) is 16.2 Å². The van der Waals surface area contributed by atoms with Gasteiger partial charge in [-0.3, -0.25) is 18.9 Å². The minimum atomic E-state index is -2.85. The van der Waals surface area contributed by atoms with Gasteiger partial charge in [-0.25, -0.2) is 13.5 Å². The van der Waals surface area contributed by atoms with Crippen molar-refractivity contribution in [1.29, 1.82) is 0 Å². The Morgan fingerprint density at radius 1 is 1.45 bits per heavy atom. The molecule has 0 aromatic carbocycles. The lowest BCUT2D eigenvalue weighted by Gasteiger charge is -2.35. The van der Waals surface area contributed by atoms with Crippen molar-refractivity contribution in [2.45, 2.75) is 44.7 Å². The van der Waals surface area contributed by atoms with Crippen molar-refractivity contribution in [3.05, 3.63) is 33.7 Å². The molecule has 1 unspecified atom stereocenters. The number of likely N-dealkylation sites (tertiary alicyclic amines) is 1. The van der Waals surface area contributed by atoms with Gasteiger partial charge in [-0.15, -0.1) is 11.3 Å². The fraction of sp³-hybridized carbons (Fsp3) is 0.526. The van der Waals surface area contributed by atoms with Gasteiger partial charge in [-0.2, -0.15) is 5.10 Å². The van der Waals surface area contributed by atoms with Crippen molar-refractivity contribution in [2.75, 3.05) is 20.1 Å². The number of hydrogen-bond acceptors (Lipinski definition) is 5. The van der Waals surface area contributed by atoms with Crippen LogP contribution in [-0.2, 0) is 11.3 Å². The molecule has 1 saturated heterocycles. The number of fused-ring (bicyclic) bond motifs is 3.